The Morgan fingerprint density at radius 1 is 1.38 bits per heavy atom. The molecule has 1 aromatic rings. The maximum atomic E-state index is 12.2. The molecule has 0 radical (unpaired) electrons. The summed E-state index contributed by atoms with van der Waals surface area (Å²) in [6.07, 6.45) is 7.63. The zero-order valence-electron chi connectivity index (χ0n) is 12.5. The lowest BCUT2D eigenvalue weighted by Crippen LogP contribution is -2.47. The number of aromatic nitrogens is 1. The van der Waals surface area contributed by atoms with Gasteiger partial charge in [0.15, 0.2) is 5.82 Å². The Hall–Kier alpha value is -1.30. The number of ether oxygens (including phenoxy) is 1. The van der Waals surface area contributed by atoms with Crippen LogP contribution in [0.5, 0.6) is 0 Å². The number of esters is 1. The lowest BCUT2D eigenvalue weighted by molar-refractivity contribution is 0.0528. The molecule has 2 N–H and O–H groups in total. The third-order valence-electron chi connectivity index (χ3n) is 4.68. The fourth-order valence-electron chi connectivity index (χ4n) is 3.76. The standard InChI is InChI=1S/C15H23N3O2S/c1-2-20-15(19)12-13(16)17-21-14(12)18-9-5-7-10-6-3-4-8-11(10)18/h10-11H,2-9H2,1H3,(H2,16,17). The zero-order valence-corrected chi connectivity index (χ0v) is 13.3. The molecular weight excluding hydrogens is 286 g/mol. The number of fused-ring (bicyclic) bond motifs is 1. The molecule has 0 aromatic carbocycles. The van der Waals surface area contributed by atoms with Crippen molar-refractivity contribution >= 4 is 28.3 Å². The van der Waals surface area contributed by atoms with Crippen LogP contribution in [-0.2, 0) is 4.74 Å². The summed E-state index contributed by atoms with van der Waals surface area (Å²) in [5.41, 5.74) is 6.40. The number of carbonyl (C=O) groups excluding carboxylic acids is 1. The molecule has 6 heteroatoms. The third-order valence-corrected chi connectivity index (χ3v) is 5.58. The molecule has 5 nitrogen and oxygen atoms in total. The molecular formula is C15H23N3O2S. The highest BCUT2D eigenvalue weighted by Crippen LogP contribution is 2.41. The molecule has 2 heterocycles. The average molecular weight is 309 g/mol. The molecule has 0 amide bonds. The van der Waals surface area contributed by atoms with E-state index in [9.17, 15) is 4.79 Å². The van der Waals surface area contributed by atoms with Crippen LogP contribution in [0.15, 0.2) is 0 Å². The summed E-state index contributed by atoms with van der Waals surface area (Å²) in [5.74, 6) is 0.730. The topological polar surface area (TPSA) is 68.5 Å². The monoisotopic (exact) mass is 309 g/mol. The van der Waals surface area contributed by atoms with Crippen molar-refractivity contribution in [2.45, 2.75) is 51.5 Å². The molecule has 1 aliphatic carbocycles. The van der Waals surface area contributed by atoms with Gasteiger partial charge in [0.1, 0.15) is 10.6 Å². The molecule has 1 aliphatic heterocycles. The number of nitrogens with two attached hydrogens (primary N) is 1. The van der Waals surface area contributed by atoms with Gasteiger partial charge in [0.2, 0.25) is 0 Å². The summed E-state index contributed by atoms with van der Waals surface area (Å²) in [6, 6.07) is 0.542. The van der Waals surface area contributed by atoms with Gasteiger partial charge in [-0.15, -0.1) is 0 Å². The first-order chi connectivity index (χ1) is 10.2. The number of carbonyl (C=O) groups is 1. The maximum Gasteiger partial charge on any atom is 0.345 e. The van der Waals surface area contributed by atoms with Crippen LogP contribution in [0.3, 0.4) is 0 Å². The van der Waals surface area contributed by atoms with Crippen molar-refractivity contribution in [1.29, 1.82) is 0 Å². The molecule has 116 valence electrons. The smallest absolute Gasteiger partial charge is 0.345 e. The molecule has 1 saturated carbocycles. The van der Waals surface area contributed by atoms with E-state index in [2.05, 4.69) is 9.27 Å². The van der Waals surface area contributed by atoms with E-state index >= 15 is 0 Å². The van der Waals surface area contributed by atoms with Crippen LogP contribution in [0.1, 0.15) is 55.8 Å². The van der Waals surface area contributed by atoms with Gasteiger partial charge < -0.3 is 15.4 Å². The second kappa shape index (κ2) is 6.22. The highest BCUT2D eigenvalue weighted by Gasteiger charge is 2.36. The Bertz CT molecular complexity index is 515. The van der Waals surface area contributed by atoms with Crippen LogP contribution >= 0.6 is 11.5 Å². The van der Waals surface area contributed by atoms with E-state index in [1.165, 1.54) is 50.1 Å². The number of hydrogen-bond acceptors (Lipinski definition) is 6. The fraction of sp³-hybridized carbons (Fsp3) is 0.733. The van der Waals surface area contributed by atoms with Gasteiger partial charge in [-0.2, -0.15) is 4.37 Å². The Labute approximate surface area is 129 Å². The lowest BCUT2D eigenvalue weighted by atomic mass is 9.78. The molecule has 1 saturated heterocycles. The van der Waals surface area contributed by atoms with E-state index in [0.717, 1.165) is 17.5 Å². The molecule has 21 heavy (non-hydrogen) atoms. The minimum absolute atomic E-state index is 0.311. The maximum absolute atomic E-state index is 12.2. The third kappa shape index (κ3) is 2.73. The number of hydrogen-bond donors (Lipinski definition) is 1. The summed E-state index contributed by atoms with van der Waals surface area (Å²) in [6.45, 7) is 3.17. The highest BCUT2D eigenvalue weighted by molar-refractivity contribution is 7.11. The Morgan fingerprint density at radius 2 is 2.14 bits per heavy atom. The SMILES string of the molecule is CCOC(=O)c1c(N)nsc1N1CCCC2CCCCC21. The molecule has 0 bridgehead atoms. The Kier molecular flexibility index (Phi) is 4.33. The normalized spacial score (nSPS) is 25.5. The molecule has 2 unspecified atom stereocenters. The van der Waals surface area contributed by atoms with Gasteiger partial charge in [0.05, 0.1) is 6.61 Å². The van der Waals surface area contributed by atoms with Crippen molar-refractivity contribution in [1.82, 2.24) is 4.37 Å². The molecule has 2 atom stereocenters. The summed E-state index contributed by atoms with van der Waals surface area (Å²) >= 11 is 1.34. The van der Waals surface area contributed by atoms with Gasteiger partial charge in [-0.3, -0.25) is 0 Å². The predicted molar refractivity (Wildman–Crippen MR) is 84.8 cm³/mol. The van der Waals surface area contributed by atoms with Crippen LogP contribution in [0.4, 0.5) is 10.8 Å². The Balaban J connectivity index is 1.90. The second-order valence-electron chi connectivity index (χ2n) is 5.92. The first-order valence-corrected chi connectivity index (χ1v) is 8.68. The van der Waals surface area contributed by atoms with Gasteiger partial charge in [0, 0.05) is 12.6 Å². The van der Waals surface area contributed by atoms with Crippen LogP contribution in [0.25, 0.3) is 0 Å². The van der Waals surface area contributed by atoms with E-state index in [1.54, 1.807) is 0 Å². The summed E-state index contributed by atoms with van der Waals surface area (Å²) in [4.78, 5) is 14.6. The van der Waals surface area contributed by atoms with Crippen molar-refractivity contribution in [2.75, 3.05) is 23.8 Å². The van der Waals surface area contributed by atoms with Crippen molar-refractivity contribution in [2.24, 2.45) is 5.92 Å². The lowest BCUT2D eigenvalue weighted by Gasteiger charge is -2.44. The van der Waals surface area contributed by atoms with Crippen molar-refractivity contribution < 1.29 is 9.53 Å². The van der Waals surface area contributed by atoms with Crippen LogP contribution < -0.4 is 10.6 Å². The van der Waals surface area contributed by atoms with Gasteiger partial charge in [0.25, 0.3) is 0 Å². The number of piperidine rings is 1. The molecule has 3 rings (SSSR count). The number of anilines is 2. The Morgan fingerprint density at radius 3 is 2.95 bits per heavy atom. The largest absolute Gasteiger partial charge is 0.462 e. The van der Waals surface area contributed by atoms with Crippen molar-refractivity contribution in [3.8, 4) is 0 Å². The van der Waals surface area contributed by atoms with Gasteiger partial charge in [-0.05, 0) is 50.1 Å². The number of nitrogen functional groups attached to an aromatic ring is 1. The summed E-state index contributed by atoms with van der Waals surface area (Å²) in [7, 11) is 0. The van der Waals surface area contributed by atoms with E-state index in [-0.39, 0.29) is 5.97 Å². The summed E-state index contributed by atoms with van der Waals surface area (Å²) in [5, 5.41) is 0.919. The molecule has 2 aliphatic rings. The van der Waals surface area contributed by atoms with E-state index < -0.39 is 0 Å². The van der Waals surface area contributed by atoms with E-state index in [1.807, 2.05) is 6.92 Å². The van der Waals surface area contributed by atoms with Crippen molar-refractivity contribution in [3.63, 3.8) is 0 Å². The van der Waals surface area contributed by atoms with Gasteiger partial charge >= 0.3 is 5.97 Å². The van der Waals surface area contributed by atoms with Crippen LogP contribution in [-0.4, -0.2) is 29.5 Å². The van der Waals surface area contributed by atoms with Crippen LogP contribution in [0.2, 0.25) is 0 Å². The predicted octanol–water partition coefficient (Wildman–Crippen LogP) is 3.06. The quantitative estimate of drug-likeness (QED) is 0.869. The van der Waals surface area contributed by atoms with Crippen molar-refractivity contribution in [3.05, 3.63) is 5.56 Å². The minimum Gasteiger partial charge on any atom is -0.462 e. The van der Waals surface area contributed by atoms with Gasteiger partial charge in [-0.1, -0.05) is 12.8 Å². The summed E-state index contributed by atoms with van der Waals surface area (Å²) < 4.78 is 9.37. The zero-order chi connectivity index (χ0) is 14.8. The van der Waals surface area contributed by atoms with Crippen LogP contribution in [0, 0.1) is 5.92 Å². The second-order valence-corrected chi connectivity index (χ2v) is 6.67. The number of rotatable bonds is 3. The van der Waals surface area contributed by atoms with E-state index in [0.29, 0.717) is 24.0 Å². The molecule has 2 fully saturated rings. The van der Waals surface area contributed by atoms with Gasteiger partial charge in [-0.25, -0.2) is 4.79 Å². The average Bonchev–Trinajstić information content (AvgIpc) is 2.88. The first-order valence-electron chi connectivity index (χ1n) is 7.91. The van der Waals surface area contributed by atoms with E-state index in [4.69, 9.17) is 10.5 Å². The first kappa shape index (κ1) is 14.6. The highest BCUT2D eigenvalue weighted by atomic mass is 32.1. The number of nitrogens with zero attached hydrogens (tertiary/aromatic N) is 2. The molecule has 1 aromatic heterocycles. The molecule has 0 spiro atoms. The minimum atomic E-state index is -0.336. The fourth-order valence-corrected chi connectivity index (χ4v) is 4.65.